The van der Waals surface area contributed by atoms with Crippen LogP contribution in [0.15, 0.2) is 48.5 Å². The Morgan fingerprint density at radius 1 is 1.14 bits per heavy atom. The number of Topliss-reactive ketones (excluding diaryl/α,β-unsaturated/α-hetero) is 1. The number of nitro benzene ring substituents is 1. The minimum atomic E-state index is -0.893. The van der Waals surface area contributed by atoms with Gasteiger partial charge in [0.2, 0.25) is 0 Å². The van der Waals surface area contributed by atoms with Crippen molar-refractivity contribution in [3.63, 3.8) is 0 Å². The molecule has 2 aromatic rings. The lowest BCUT2D eigenvalue weighted by atomic mass is 10.0. The lowest BCUT2D eigenvalue weighted by Gasteiger charge is -2.16. The summed E-state index contributed by atoms with van der Waals surface area (Å²) in [4.78, 5) is 46.5. The molecule has 1 atom stereocenters. The van der Waals surface area contributed by atoms with Gasteiger partial charge in [0.15, 0.2) is 12.4 Å². The maximum Gasteiger partial charge on any atom is 0.341 e. The number of non-ortho nitro benzene ring substituents is 1. The highest BCUT2D eigenvalue weighted by molar-refractivity contribution is 5.97. The molecule has 0 saturated carbocycles. The van der Waals surface area contributed by atoms with Gasteiger partial charge in [0, 0.05) is 24.9 Å². The summed E-state index contributed by atoms with van der Waals surface area (Å²) < 4.78 is 4.97. The first kappa shape index (κ1) is 21.5. The summed E-state index contributed by atoms with van der Waals surface area (Å²) in [6.07, 6.45) is 0.310. The summed E-state index contributed by atoms with van der Waals surface area (Å²) in [6, 6.07) is 12.1. The number of nitrogens with one attached hydrogen (secondary N) is 2. The third-order valence-corrected chi connectivity index (χ3v) is 4.15. The predicted molar refractivity (Wildman–Crippen MR) is 106 cm³/mol. The number of hydrogen-bond acceptors (Lipinski definition) is 7. The van der Waals surface area contributed by atoms with Gasteiger partial charge in [-0.3, -0.25) is 19.7 Å². The normalized spacial score (nSPS) is 11.2. The maximum atomic E-state index is 12.3. The largest absolute Gasteiger partial charge is 0.452 e. The number of rotatable bonds is 9. The Morgan fingerprint density at radius 3 is 2.41 bits per heavy atom. The highest BCUT2D eigenvalue weighted by Gasteiger charge is 2.21. The number of ketones is 1. The molecule has 0 aromatic heterocycles. The zero-order valence-corrected chi connectivity index (χ0v) is 16.0. The van der Waals surface area contributed by atoms with Crippen molar-refractivity contribution in [3.8, 4) is 0 Å². The number of esters is 1. The molecule has 2 rings (SSSR count). The van der Waals surface area contributed by atoms with Crippen molar-refractivity contribution in [2.24, 2.45) is 0 Å². The molecule has 9 heteroatoms. The van der Waals surface area contributed by atoms with E-state index in [4.69, 9.17) is 4.74 Å². The van der Waals surface area contributed by atoms with E-state index < -0.39 is 29.4 Å². The van der Waals surface area contributed by atoms with Gasteiger partial charge in [-0.25, -0.2) is 4.79 Å². The molecule has 29 heavy (non-hydrogen) atoms. The van der Waals surface area contributed by atoms with Crippen LogP contribution >= 0.6 is 0 Å². The van der Waals surface area contributed by atoms with Crippen LogP contribution in [0.1, 0.15) is 22.8 Å². The molecule has 2 aromatic carbocycles. The first-order chi connectivity index (χ1) is 13.8. The molecule has 9 nitrogen and oxygen atoms in total. The molecule has 0 aliphatic rings. The fourth-order valence-electron chi connectivity index (χ4n) is 2.62. The van der Waals surface area contributed by atoms with E-state index in [0.717, 1.165) is 11.6 Å². The van der Waals surface area contributed by atoms with E-state index in [1.807, 2.05) is 30.3 Å². The monoisotopic (exact) mass is 399 g/mol. The molecule has 0 unspecified atom stereocenters. The third kappa shape index (κ3) is 6.13. The summed E-state index contributed by atoms with van der Waals surface area (Å²) in [5.41, 5.74) is 0.855. The first-order valence-corrected chi connectivity index (χ1v) is 8.79. The van der Waals surface area contributed by atoms with E-state index in [1.165, 1.54) is 19.1 Å². The van der Waals surface area contributed by atoms with Crippen LogP contribution in [0.4, 0.5) is 11.4 Å². The highest BCUT2D eigenvalue weighted by Crippen LogP contribution is 2.22. The molecule has 0 radical (unpaired) electrons. The Balaban J connectivity index is 2.00. The lowest BCUT2D eigenvalue weighted by molar-refractivity contribution is -0.384. The molecule has 2 N–H and O–H groups in total. The molecule has 0 bridgehead atoms. The Kier molecular flexibility index (Phi) is 7.41. The van der Waals surface area contributed by atoms with Gasteiger partial charge in [0.25, 0.3) is 11.6 Å². The number of carbonyl (C=O) groups is 3. The van der Waals surface area contributed by atoms with Crippen molar-refractivity contribution in [2.45, 2.75) is 19.4 Å². The SMILES string of the molecule is CNc1ccc([N+](=O)[O-])cc1C(=O)OCC(=O)N[C@H](Cc1ccccc1)C(C)=O. The van der Waals surface area contributed by atoms with Crippen LogP contribution in [-0.4, -0.2) is 42.3 Å². The van der Waals surface area contributed by atoms with Crippen molar-refractivity contribution >= 4 is 29.0 Å². The lowest BCUT2D eigenvalue weighted by Crippen LogP contribution is -2.43. The number of anilines is 1. The Labute approximate surface area is 167 Å². The van der Waals surface area contributed by atoms with Gasteiger partial charge in [0.1, 0.15) is 0 Å². The first-order valence-electron chi connectivity index (χ1n) is 8.79. The number of amides is 1. The minimum Gasteiger partial charge on any atom is -0.452 e. The highest BCUT2D eigenvalue weighted by atomic mass is 16.6. The predicted octanol–water partition coefficient (Wildman–Crippen LogP) is 2.11. The molecule has 0 spiro atoms. The summed E-state index contributed by atoms with van der Waals surface area (Å²) in [7, 11) is 1.55. The summed E-state index contributed by atoms with van der Waals surface area (Å²) >= 11 is 0. The van der Waals surface area contributed by atoms with Crippen LogP contribution in [0.2, 0.25) is 0 Å². The molecule has 1 amide bonds. The second-order valence-electron chi connectivity index (χ2n) is 6.23. The second-order valence-corrected chi connectivity index (χ2v) is 6.23. The van der Waals surface area contributed by atoms with Crippen molar-refractivity contribution in [3.05, 3.63) is 69.8 Å². The second kappa shape index (κ2) is 9.98. The summed E-state index contributed by atoms with van der Waals surface area (Å²) in [6.45, 7) is 0.742. The Morgan fingerprint density at radius 2 is 1.83 bits per heavy atom. The average molecular weight is 399 g/mol. The van der Waals surface area contributed by atoms with Crippen LogP contribution in [0, 0.1) is 10.1 Å². The molecule has 0 fully saturated rings. The molecule has 0 aliphatic heterocycles. The van der Waals surface area contributed by atoms with E-state index in [2.05, 4.69) is 10.6 Å². The third-order valence-electron chi connectivity index (χ3n) is 4.15. The number of hydrogen-bond donors (Lipinski definition) is 2. The number of ether oxygens (including phenoxy) is 1. The number of nitrogens with zero attached hydrogens (tertiary/aromatic N) is 1. The van der Waals surface area contributed by atoms with Crippen LogP contribution in [0.5, 0.6) is 0 Å². The zero-order chi connectivity index (χ0) is 21.4. The van der Waals surface area contributed by atoms with Crippen molar-refractivity contribution in [2.75, 3.05) is 19.0 Å². The maximum absolute atomic E-state index is 12.3. The summed E-state index contributed by atoms with van der Waals surface area (Å²) in [5.74, 6) is -1.77. The number of carbonyl (C=O) groups excluding carboxylic acids is 3. The van der Waals surface area contributed by atoms with Gasteiger partial charge in [-0.15, -0.1) is 0 Å². The van der Waals surface area contributed by atoms with Crippen LogP contribution in [-0.2, 0) is 20.7 Å². The average Bonchev–Trinajstić information content (AvgIpc) is 2.71. The van der Waals surface area contributed by atoms with E-state index in [0.29, 0.717) is 12.1 Å². The zero-order valence-electron chi connectivity index (χ0n) is 16.0. The standard InChI is InChI=1S/C20H21N3O6/c1-13(24)18(10-14-6-4-3-5-7-14)22-19(25)12-29-20(26)16-11-15(23(27)28)8-9-17(16)21-2/h3-9,11,18,21H,10,12H2,1-2H3,(H,22,25)/t18-/m1/s1. The minimum absolute atomic E-state index is 0.0677. The van der Waals surface area contributed by atoms with Gasteiger partial charge in [-0.1, -0.05) is 30.3 Å². The van der Waals surface area contributed by atoms with E-state index >= 15 is 0 Å². The van der Waals surface area contributed by atoms with E-state index in [-0.39, 0.29) is 17.0 Å². The summed E-state index contributed by atoms with van der Waals surface area (Å²) in [5, 5.41) is 16.2. The van der Waals surface area contributed by atoms with Gasteiger partial charge < -0.3 is 15.4 Å². The van der Waals surface area contributed by atoms with E-state index in [1.54, 1.807) is 7.05 Å². The Hall–Kier alpha value is -3.75. The molecule has 0 saturated heterocycles. The number of nitro groups is 1. The van der Waals surface area contributed by atoms with Crippen LogP contribution < -0.4 is 10.6 Å². The van der Waals surface area contributed by atoms with Crippen LogP contribution in [0.25, 0.3) is 0 Å². The Bertz CT molecular complexity index is 914. The van der Waals surface area contributed by atoms with E-state index in [9.17, 15) is 24.5 Å². The van der Waals surface area contributed by atoms with Crippen molar-refractivity contribution in [1.82, 2.24) is 5.32 Å². The molecular weight excluding hydrogens is 378 g/mol. The van der Waals surface area contributed by atoms with Crippen molar-refractivity contribution in [1.29, 1.82) is 0 Å². The quantitative estimate of drug-likeness (QED) is 0.375. The van der Waals surface area contributed by atoms with Gasteiger partial charge >= 0.3 is 5.97 Å². The van der Waals surface area contributed by atoms with Gasteiger partial charge in [0.05, 0.1) is 16.5 Å². The van der Waals surface area contributed by atoms with Crippen LogP contribution in [0.3, 0.4) is 0 Å². The molecule has 0 aliphatic carbocycles. The fraction of sp³-hybridized carbons (Fsp3) is 0.250. The number of benzene rings is 2. The topological polar surface area (TPSA) is 128 Å². The van der Waals surface area contributed by atoms with Gasteiger partial charge in [-0.05, 0) is 25.0 Å². The van der Waals surface area contributed by atoms with Crippen molar-refractivity contribution < 1.29 is 24.0 Å². The van der Waals surface area contributed by atoms with Gasteiger partial charge in [-0.2, -0.15) is 0 Å². The molecule has 0 heterocycles. The fourth-order valence-corrected chi connectivity index (χ4v) is 2.62. The smallest absolute Gasteiger partial charge is 0.341 e. The molecule has 152 valence electrons. The molecular formula is C20H21N3O6.